The van der Waals surface area contributed by atoms with E-state index in [1.807, 2.05) is 32.0 Å². The van der Waals surface area contributed by atoms with Gasteiger partial charge in [-0.15, -0.1) is 0 Å². The summed E-state index contributed by atoms with van der Waals surface area (Å²) in [5, 5.41) is 14.7. The third-order valence-corrected chi connectivity index (χ3v) is 4.26. The molecule has 8 heteroatoms. The lowest BCUT2D eigenvalue weighted by atomic mass is 10.1. The van der Waals surface area contributed by atoms with Gasteiger partial charge in [-0.2, -0.15) is 5.10 Å². The predicted molar refractivity (Wildman–Crippen MR) is 113 cm³/mol. The summed E-state index contributed by atoms with van der Waals surface area (Å²) in [4.78, 5) is 22.3. The number of hydrazone groups is 1. The van der Waals surface area contributed by atoms with Gasteiger partial charge >= 0.3 is 0 Å². The van der Waals surface area contributed by atoms with Crippen LogP contribution < -0.4 is 10.2 Å². The summed E-state index contributed by atoms with van der Waals surface area (Å²) in [5.74, 6) is 1.20. The van der Waals surface area contributed by atoms with Crippen molar-refractivity contribution in [2.45, 2.75) is 20.8 Å². The van der Waals surface area contributed by atoms with E-state index in [2.05, 4.69) is 10.5 Å². The van der Waals surface area contributed by atoms with Crippen LogP contribution in [0.2, 0.25) is 0 Å². The highest BCUT2D eigenvalue weighted by Gasteiger charge is 2.12. The molecule has 0 fully saturated rings. The summed E-state index contributed by atoms with van der Waals surface area (Å²) in [6.07, 6.45) is 1.37. The van der Waals surface area contributed by atoms with E-state index < -0.39 is 10.8 Å². The molecule has 0 aliphatic heterocycles. The quantitative estimate of drug-likeness (QED) is 0.357. The second kappa shape index (κ2) is 9.04. The van der Waals surface area contributed by atoms with Gasteiger partial charge in [-0.1, -0.05) is 6.07 Å². The van der Waals surface area contributed by atoms with Gasteiger partial charge in [0.05, 0.1) is 11.1 Å². The Bertz CT molecular complexity index is 1100. The van der Waals surface area contributed by atoms with Gasteiger partial charge in [0.25, 0.3) is 11.6 Å². The summed E-state index contributed by atoms with van der Waals surface area (Å²) >= 11 is 0. The van der Waals surface area contributed by atoms with E-state index in [0.717, 1.165) is 22.3 Å². The van der Waals surface area contributed by atoms with Crippen LogP contribution in [-0.2, 0) is 4.79 Å². The smallest absolute Gasteiger partial charge is 0.277 e. The number of amides is 1. The number of hydrogen-bond acceptors (Lipinski definition) is 6. The highest BCUT2D eigenvalue weighted by molar-refractivity contribution is 5.81. The zero-order chi connectivity index (χ0) is 21.7. The van der Waals surface area contributed by atoms with Gasteiger partial charge in [-0.3, -0.25) is 14.9 Å². The first-order chi connectivity index (χ1) is 14.3. The Kier molecular flexibility index (Phi) is 6.26. The van der Waals surface area contributed by atoms with Crippen molar-refractivity contribution < 1.29 is 18.9 Å². The van der Waals surface area contributed by atoms with Crippen molar-refractivity contribution in [3.05, 3.63) is 81.1 Å². The highest BCUT2D eigenvalue weighted by atomic mass is 16.6. The van der Waals surface area contributed by atoms with E-state index in [0.29, 0.717) is 17.3 Å². The highest BCUT2D eigenvalue weighted by Crippen LogP contribution is 2.28. The van der Waals surface area contributed by atoms with Crippen LogP contribution in [-0.4, -0.2) is 23.7 Å². The van der Waals surface area contributed by atoms with E-state index >= 15 is 0 Å². The lowest BCUT2D eigenvalue weighted by molar-refractivity contribution is -0.384. The topological polar surface area (TPSA) is 107 Å². The largest absolute Gasteiger partial charge is 0.484 e. The SMILES string of the molecule is Cc1cc(C)cc(OCC(=O)N/N=C/c2ccc(-c3ccc([N+](=O)[O-])cc3C)o2)c1. The van der Waals surface area contributed by atoms with Crippen molar-refractivity contribution in [3.8, 4) is 17.1 Å². The summed E-state index contributed by atoms with van der Waals surface area (Å²) in [5.41, 5.74) is 5.98. The molecule has 0 bridgehead atoms. The Balaban J connectivity index is 1.56. The molecule has 0 aliphatic carbocycles. The van der Waals surface area contributed by atoms with E-state index in [1.165, 1.54) is 18.3 Å². The minimum absolute atomic E-state index is 0.0235. The van der Waals surface area contributed by atoms with Gasteiger partial charge in [0, 0.05) is 17.7 Å². The Hall–Kier alpha value is -3.94. The number of ether oxygens (including phenoxy) is 1. The molecule has 1 amide bonds. The minimum atomic E-state index is -0.441. The second-order valence-electron chi connectivity index (χ2n) is 6.86. The molecule has 1 heterocycles. The molecule has 0 saturated carbocycles. The number of aryl methyl sites for hydroxylation is 3. The molecule has 1 aromatic heterocycles. The molecule has 154 valence electrons. The third kappa shape index (κ3) is 5.32. The number of nitro groups is 1. The molecular weight excluding hydrogens is 386 g/mol. The van der Waals surface area contributed by atoms with Crippen molar-refractivity contribution in [1.82, 2.24) is 5.43 Å². The van der Waals surface area contributed by atoms with E-state index in [9.17, 15) is 14.9 Å². The summed E-state index contributed by atoms with van der Waals surface area (Å²) in [6.45, 7) is 5.53. The van der Waals surface area contributed by atoms with Gasteiger partial charge < -0.3 is 9.15 Å². The fraction of sp³-hybridized carbons (Fsp3) is 0.182. The number of rotatable bonds is 7. The van der Waals surface area contributed by atoms with Gasteiger partial charge in [-0.05, 0) is 67.8 Å². The normalized spacial score (nSPS) is 10.9. The molecule has 8 nitrogen and oxygen atoms in total. The molecule has 3 aromatic rings. The van der Waals surface area contributed by atoms with Gasteiger partial charge in [0.2, 0.25) is 0 Å². The van der Waals surface area contributed by atoms with Crippen LogP contribution in [0.4, 0.5) is 5.69 Å². The maximum Gasteiger partial charge on any atom is 0.277 e. The van der Waals surface area contributed by atoms with E-state index in [4.69, 9.17) is 9.15 Å². The van der Waals surface area contributed by atoms with Gasteiger partial charge in [0.15, 0.2) is 6.61 Å². The first-order valence-corrected chi connectivity index (χ1v) is 9.20. The van der Waals surface area contributed by atoms with Gasteiger partial charge in [0.1, 0.15) is 17.3 Å². The molecule has 0 spiro atoms. The molecule has 3 rings (SSSR count). The van der Waals surface area contributed by atoms with Crippen molar-refractivity contribution in [2.24, 2.45) is 5.10 Å². The molecule has 30 heavy (non-hydrogen) atoms. The Morgan fingerprint density at radius 2 is 1.87 bits per heavy atom. The molecule has 0 aliphatic rings. The van der Waals surface area contributed by atoms with Crippen LogP contribution in [0.5, 0.6) is 5.75 Å². The average Bonchev–Trinajstić information content (AvgIpc) is 3.14. The zero-order valence-corrected chi connectivity index (χ0v) is 16.8. The number of nitro benzene ring substituents is 1. The summed E-state index contributed by atoms with van der Waals surface area (Å²) in [6, 6.07) is 13.7. The number of carbonyl (C=O) groups is 1. The predicted octanol–water partition coefficient (Wildman–Crippen LogP) is 4.31. The van der Waals surface area contributed by atoms with Crippen LogP contribution in [0, 0.1) is 30.9 Å². The molecule has 0 radical (unpaired) electrons. The lowest BCUT2D eigenvalue weighted by Gasteiger charge is -2.07. The number of benzene rings is 2. The average molecular weight is 407 g/mol. The lowest BCUT2D eigenvalue weighted by Crippen LogP contribution is -2.24. The van der Waals surface area contributed by atoms with Crippen molar-refractivity contribution >= 4 is 17.8 Å². The number of furan rings is 1. The second-order valence-corrected chi connectivity index (χ2v) is 6.86. The minimum Gasteiger partial charge on any atom is -0.484 e. The summed E-state index contributed by atoms with van der Waals surface area (Å²) in [7, 11) is 0. The molecule has 2 aromatic carbocycles. The summed E-state index contributed by atoms with van der Waals surface area (Å²) < 4.78 is 11.2. The standard InChI is InChI=1S/C22H21N3O5/c1-14-8-15(2)10-19(9-14)29-13-22(26)24-23-12-18-5-7-21(30-18)20-6-4-17(25(27)28)11-16(20)3/h4-12H,13H2,1-3H3,(H,24,26)/b23-12+. The maximum absolute atomic E-state index is 11.9. The maximum atomic E-state index is 11.9. The molecule has 0 saturated heterocycles. The fourth-order valence-electron chi connectivity index (χ4n) is 2.97. The van der Waals surface area contributed by atoms with Crippen molar-refractivity contribution in [2.75, 3.05) is 6.61 Å². The van der Waals surface area contributed by atoms with E-state index in [-0.39, 0.29) is 12.3 Å². The molecule has 0 atom stereocenters. The molecular formula is C22H21N3O5. The van der Waals surface area contributed by atoms with Crippen LogP contribution in [0.25, 0.3) is 11.3 Å². The van der Waals surface area contributed by atoms with Crippen LogP contribution in [0.15, 0.2) is 58.0 Å². The Labute approximate surface area is 173 Å². The molecule has 0 unspecified atom stereocenters. The zero-order valence-electron chi connectivity index (χ0n) is 16.8. The van der Waals surface area contributed by atoms with E-state index in [1.54, 1.807) is 25.1 Å². The number of hydrogen-bond donors (Lipinski definition) is 1. The number of non-ortho nitro benzene ring substituents is 1. The monoisotopic (exact) mass is 407 g/mol. The van der Waals surface area contributed by atoms with Gasteiger partial charge in [-0.25, -0.2) is 5.43 Å². The van der Waals surface area contributed by atoms with Crippen LogP contribution >= 0.6 is 0 Å². The Morgan fingerprint density at radius 3 is 2.53 bits per heavy atom. The Morgan fingerprint density at radius 1 is 1.13 bits per heavy atom. The first kappa shape index (κ1) is 20.8. The molecule has 1 N–H and O–H groups in total. The van der Waals surface area contributed by atoms with Crippen molar-refractivity contribution in [1.29, 1.82) is 0 Å². The van der Waals surface area contributed by atoms with Crippen LogP contribution in [0.3, 0.4) is 0 Å². The van der Waals surface area contributed by atoms with Crippen LogP contribution in [0.1, 0.15) is 22.5 Å². The third-order valence-electron chi connectivity index (χ3n) is 4.26. The number of nitrogens with zero attached hydrogens (tertiary/aromatic N) is 2. The van der Waals surface area contributed by atoms with Crippen molar-refractivity contribution in [3.63, 3.8) is 0 Å². The number of carbonyl (C=O) groups excluding carboxylic acids is 1. The number of nitrogens with one attached hydrogen (secondary N) is 1. The fourth-order valence-corrected chi connectivity index (χ4v) is 2.97. The first-order valence-electron chi connectivity index (χ1n) is 9.20.